The Labute approximate surface area is 143 Å². The van der Waals surface area contributed by atoms with Crippen molar-refractivity contribution in [2.75, 3.05) is 13.1 Å². The van der Waals surface area contributed by atoms with E-state index in [9.17, 15) is 22.8 Å². The van der Waals surface area contributed by atoms with Crippen LogP contribution >= 0.6 is 11.6 Å². The molecule has 1 aromatic carbocycles. The number of carbonyl (C=O) groups excluding carboxylic acids is 2. The minimum absolute atomic E-state index is 0.124. The maximum absolute atomic E-state index is 12.7. The summed E-state index contributed by atoms with van der Waals surface area (Å²) in [5.41, 5.74) is -0.752. The molecule has 2 N–H and O–H groups in total. The normalized spacial score (nSPS) is 11.8. The molecule has 0 saturated heterocycles. The SMILES string of the molecule is CC(C)C(=O)NCCNC(=O)/C=C/c1ccc(Cl)c(C(F)(F)F)c1. The average molecular weight is 363 g/mol. The summed E-state index contributed by atoms with van der Waals surface area (Å²) in [5.74, 6) is -0.744. The molecule has 0 aliphatic heterocycles. The summed E-state index contributed by atoms with van der Waals surface area (Å²) >= 11 is 5.52. The third-order valence-electron chi connectivity index (χ3n) is 2.97. The van der Waals surface area contributed by atoms with Gasteiger partial charge in [0, 0.05) is 25.1 Å². The van der Waals surface area contributed by atoms with Crippen molar-refractivity contribution in [1.29, 1.82) is 0 Å². The van der Waals surface area contributed by atoms with E-state index < -0.39 is 22.7 Å². The number of rotatable bonds is 6. The third kappa shape index (κ3) is 6.62. The molecule has 1 rings (SSSR count). The molecule has 2 amide bonds. The van der Waals surface area contributed by atoms with E-state index in [2.05, 4.69) is 10.6 Å². The van der Waals surface area contributed by atoms with Gasteiger partial charge in [0.25, 0.3) is 0 Å². The molecule has 0 saturated carbocycles. The molecular formula is C16H18ClF3N2O2. The number of hydrogen-bond acceptors (Lipinski definition) is 2. The van der Waals surface area contributed by atoms with E-state index in [0.717, 1.165) is 18.2 Å². The first kappa shape index (κ1) is 20.0. The zero-order valence-corrected chi connectivity index (χ0v) is 14.0. The topological polar surface area (TPSA) is 58.2 Å². The van der Waals surface area contributed by atoms with Crippen molar-refractivity contribution in [3.05, 3.63) is 40.4 Å². The Bertz CT molecular complexity index is 628. The fourth-order valence-corrected chi connectivity index (χ4v) is 1.89. The van der Waals surface area contributed by atoms with Gasteiger partial charge in [0.05, 0.1) is 10.6 Å². The van der Waals surface area contributed by atoms with Crippen molar-refractivity contribution in [3.63, 3.8) is 0 Å². The van der Waals surface area contributed by atoms with Crippen LogP contribution in [0.25, 0.3) is 6.08 Å². The molecule has 24 heavy (non-hydrogen) atoms. The van der Waals surface area contributed by atoms with Gasteiger partial charge < -0.3 is 10.6 Å². The monoisotopic (exact) mass is 362 g/mol. The minimum Gasteiger partial charge on any atom is -0.354 e. The minimum atomic E-state index is -4.56. The summed E-state index contributed by atoms with van der Waals surface area (Å²) in [5, 5.41) is 4.74. The van der Waals surface area contributed by atoms with E-state index in [1.54, 1.807) is 13.8 Å². The zero-order valence-electron chi connectivity index (χ0n) is 13.2. The van der Waals surface area contributed by atoms with E-state index in [0.29, 0.717) is 0 Å². The van der Waals surface area contributed by atoms with Crippen molar-refractivity contribution in [3.8, 4) is 0 Å². The highest BCUT2D eigenvalue weighted by atomic mass is 35.5. The van der Waals surface area contributed by atoms with Gasteiger partial charge in [-0.3, -0.25) is 9.59 Å². The zero-order chi connectivity index (χ0) is 18.3. The van der Waals surface area contributed by atoms with Crippen molar-refractivity contribution in [1.82, 2.24) is 10.6 Å². The molecule has 1 aromatic rings. The van der Waals surface area contributed by atoms with Crippen molar-refractivity contribution >= 4 is 29.5 Å². The summed E-state index contributed by atoms with van der Waals surface area (Å²) < 4.78 is 38.2. The highest BCUT2D eigenvalue weighted by molar-refractivity contribution is 6.31. The van der Waals surface area contributed by atoms with E-state index >= 15 is 0 Å². The van der Waals surface area contributed by atoms with Crippen LogP contribution in [0, 0.1) is 5.92 Å². The van der Waals surface area contributed by atoms with Gasteiger partial charge in [-0.15, -0.1) is 0 Å². The van der Waals surface area contributed by atoms with Crippen LogP contribution in [0.4, 0.5) is 13.2 Å². The Hall–Kier alpha value is -2.02. The van der Waals surface area contributed by atoms with Crippen LogP contribution < -0.4 is 10.6 Å². The quantitative estimate of drug-likeness (QED) is 0.603. The first-order valence-electron chi connectivity index (χ1n) is 7.21. The Morgan fingerprint density at radius 1 is 1.21 bits per heavy atom. The van der Waals surface area contributed by atoms with Gasteiger partial charge in [0.15, 0.2) is 0 Å². The third-order valence-corrected chi connectivity index (χ3v) is 3.30. The van der Waals surface area contributed by atoms with Crippen LogP contribution in [0.1, 0.15) is 25.0 Å². The summed E-state index contributed by atoms with van der Waals surface area (Å²) in [6.07, 6.45) is -2.18. The maximum Gasteiger partial charge on any atom is 0.417 e. The molecule has 0 aliphatic rings. The molecule has 4 nitrogen and oxygen atoms in total. The van der Waals surface area contributed by atoms with Crippen LogP contribution in [0.5, 0.6) is 0 Å². The lowest BCUT2D eigenvalue weighted by atomic mass is 10.1. The van der Waals surface area contributed by atoms with Crippen LogP contribution in [0.2, 0.25) is 5.02 Å². The molecule has 0 unspecified atom stereocenters. The lowest BCUT2D eigenvalue weighted by Gasteiger charge is -2.09. The Balaban J connectivity index is 2.54. The predicted octanol–water partition coefficient (Wildman–Crippen LogP) is 3.26. The second-order valence-corrected chi connectivity index (χ2v) is 5.71. The summed E-state index contributed by atoms with van der Waals surface area (Å²) in [7, 11) is 0. The standard InChI is InChI=1S/C16H18ClF3N2O2/c1-10(2)15(24)22-8-7-21-14(23)6-4-11-3-5-13(17)12(9-11)16(18,19)20/h3-6,9-10H,7-8H2,1-2H3,(H,21,23)(H,22,24)/b6-4+. The Kier molecular flexibility index (Phi) is 7.28. The Morgan fingerprint density at radius 2 is 1.83 bits per heavy atom. The molecule has 0 fully saturated rings. The number of amides is 2. The van der Waals surface area contributed by atoms with Crippen LogP contribution in [-0.4, -0.2) is 24.9 Å². The second-order valence-electron chi connectivity index (χ2n) is 5.31. The summed E-state index contributed by atoms with van der Waals surface area (Å²) in [4.78, 5) is 22.9. The number of carbonyl (C=O) groups is 2. The fraction of sp³-hybridized carbons (Fsp3) is 0.375. The fourth-order valence-electron chi connectivity index (χ4n) is 1.67. The number of alkyl halides is 3. The first-order chi connectivity index (χ1) is 11.1. The molecule has 0 heterocycles. The van der Waals surface area contributed by atoms with Gasteiger partial charge in [0.1, 0.15) is 0 Å². The van der Waals surface area contributed by atoms with Gasteiger partial charge in [-0.25, -0.2) is 0 Å². The van der Waals surface area contributed by atoms with Gasteiger partial charge in [-0.1, -0.05) is 31.5 Å². The van der Waals surface area contributed by atoms with Crippen molar-refractivity contribution < 1.29 is 22.8 Å². The number of benzene rings is 1. The number of halogens is 4. The highest BCUT2D eigenvalue weighted by Gasteiger charge is 2.33. The van der Waals surface area contributed by atoms with Crippen LogP contribution in [0.15, 0.2) is 24.3 Å². The molecule has 132 valence electrons. The molecule has 0 aromatic heterocycles. The van der Waals surface area contributed by atoms with Crippen molar-refractivity contribution in [2.45, 2.75) is 20.0 Å². The highest BCUT2D eigenvalue weighted by Crippen LogP contribution is 2.35. The van der Waals surface area contributed by atoms with E-state index in [1.165, 1.54) is 12.1 Å². The van der Waals surface area contributed by atoms with Gasteiger partial charge in [-0.2, -0.15) is 13.2 Å². The summed E-state index contributed by atoms with van der Waals surface area (Å²) in [6, 6.07) is 3.38. The van der Waals surface area contributed by atoms with E-state index in [-0.39, 0.29) is 30.5 Å². The number of hydrogen-bond donors (Lipinski definition) is 2. The van der Waals surface area contributed by atoms with Gasteiger partial charge >= 0.3 is 6.18 Å². The Morgan fingerprint density at radius 3 is 2.42 bits per heavy atom. The van der Waals surface area contributed by atoms with Gasteiger partial charge in [-0.05, 0) is 23.8 Å². The largest absolute Gasteiger partial charge is 0.417 e. The molecule has 0 atom stereocenters. The van der Waals surface area contributed by atoms with Crippen molar-refractivity contribution in [2.24, 2.45) is 5.92 Å². The van der Waals surface area contributed by atoms with Crippen LogP contribution in [-0.2, 0) is 15.8 Å². The molecule has 0 bridgehead atoms. The molecule has 8 heteroatoms. The molecule has 0 spiro atoms. The van der Waals surface area contributed by atoms with E-state index in [4.69, 9.17) is 11.6 Å². The predicted molar refractivity (Wildman–Crippen MR) is 86.3 cm³/mol. The van der Waals surface area contributed by atoms with Gasteiger partial charge in [0.2, 0.25) is 11.8 Å². The molecule has 0 aliphatic carbocycles. The second kappa shape index (κ2) is 8.73. The number of nitrogens with one attached hydrogen (secondary N) is 2. The van der Waals surface area contributed by atoms with Crippen LogP contribution in [0.3, 0.4) is 0 Å². The average Bonchev–Trinajstić information content (AvgIpc) is 2.49. The molecular weight excluding hydrogens is 345 g/mol. The maximum atomic E-state index is 12.7. The smallest absolute Gasteiger partial charge is 0.354 e. The van der Waals surface area contributed by atoms with E-state index in [1.807, 2.05) is 0 Å². The first-order valence-corrected chi connectivity index (χ1v) is 7.59. The lowest BCUT2D eigenvalue weighted by molar-refractivity contribution is -0.137. The lowest BCUT2D eigenvalue weighted by Crippen LogP contribution is -2.35. The summed E-state index contributed by atoms with van der Waals surface area (Å²) in [6.45, 7) is 3.99. The molecule has 0 radical (unpaired) electrons.